The molecule has 2 aliphatic heterocycles. The minimum absolute atomic E-state index is 0.111. The molecule has 1 aliphatic carbocycles. The Morgan fingerprint density at radius 1 is 1.15 bits per heavy atom. The molecule has 2 heterocycles. The van der Waals surface area contributed by atoms with Crippen LogP contribution in [0.15, 0.2) is 30.5 Å². The van der Waals surface area contributed by atoms with Crippen LogP contribution in [0.4, 0.5) is 0 Å². The molecule has 1 atom stereocenters. The summed E-state index contributed by atoms with van der Waals surface area (Å²) >= 11 is 0. The number of allylic oxidation sites excluding steroid dienone is 1. The summed E-state index contributed by atoms with van der Waals surface area (Å²) in [5.74, 6) is -1.45. The molecule has 0 radical (unpaired) electrons. The fourth-order valence-electron chi connectivity index (χ4n) is 3.52. The smallest absolute Gasteiger partial charge is 0.262 e. The lowest BCUT2D eigenvalue weighted by Crippen LogP contribution is -2.54. The maximum absolute atomic E-state index is 12.9. The predicted molar refractivity (Wildman–Crippen MR) is 91.8 cm³/mol. The van der Waals surface area contributed by atoms with Gasteiger partial charge in [0.2, 0.25) is 11.8 Å². The highest BCUT2D eigenvalue weighted by molar-refractivity contribution is 6.24. The Morgan fingerprint density at radius 3 is 2.62 bits per heavy atom. The van der Waals surface area contributed by atoms with Crippen LogP contribution in [0.2, 0.25) is 0 Å². The van der Waals surface area contributed by atoms with Crippen molar-refractivity contribution >= 4 is 23.6 Å². The average Bonchev–Trinajstić information content (AvgIpc) is 3.42. The average molecular weight is 353 g/mol. The van der Waals surface area contributed by atoms with Gasteiger partial charge in [-0.2, -0.15) is 0 Å². The zero-order valence-electron chi connectivity index (χ0n) is 14.2. The summed E-state index contributed by atoms with van der Waals surface area (Å²) in [6.07, 6.45) is 2.51. The summed E-state index contributed by atoms with van der Waals surface area (Å²) in [5, 5.41) is 5.43. The standard InChI is InChI=1S/C19H19N3O4/c1-10(11-5-6-11)20-9-12-3-2-4-13-16(12)19(26)22(18(13)25)14-7-8-15(23)21-17(14)24/h2-4,11,14,20H,1,5-9H2,(H,21,23,24). The monoisotopic (exact) mass is 353 g/mol. The lowest BCUT2D eigenvalue weighted by Gasteiger charge is -2.27. The largest absolute Gasteiger partial charge is 0.384 e. The normalized spacial score (nSPS) is 22.3. The molecule has 2 N–H and O–H groups in total. The van der Waals surface area contributed by atoms with E-state index in [9.17, 15) is 19.2 Å². The summed E-state index contributed by atoms with van der Waals surface area (Å²) in [7, 11) is 0. The maximum Gasteiger partial charge on any atom is 0.262 e. The van der Waals surface area contributed by atoms with E-state index in [-0.39, 0.29) is 18.7 Å². The molecule has 2 fully saturated rings. The van der Waals surface area contributed by atoms with Gasteiger partial charge in [0, 0.05) is 18.7 Å². The molecule has 134 valence electrons. The molecule has 1 aromatic carbocycles. The van der Waals surface area contributed by atoms with Gasteiger partial charge >= 0.3 is 0 Å². The van der Waals surface area contributed by atoms with Crippen molar-refractivity contribution in [3.63, 3.8) is 0 Å². The van der Waals surface area contributed by atoms with Gasteiger partial charge in [-0.3, -0.25) is 29.4 Å². The third kappa shape index (κ3) is 2.69. The highest BCUT2D eigenvalue weighted by atomic mass is 16.2. The molecule has 7 nitrogen and oxygen atoms in total. The number of nitrogens with one attached hydrogen (secondary N) is 2. The molecule has 3 aliphatic rings. The van der Waals surface area contributed by atoms with Crippen LogP contribution in [0.3, 0.4) is 0 Å². The number of piperidine rings is 1. The van der Waals surface area contributed by atoms with Crippen molar-refractivity contribution in [3.8, 4) is 0 Å². The molecule has 7 heteroatoms. The van der Waals surface area contributed by atoms with Crippen LogP contribution in [0.5, 0.6) is 0 Å². The predicted octanol–water partition coefficient (Wildman–Crippen LogP) is 1.10. The maximum atomic E-state index is 12.9. The molecule has 1 aromatic rings. The minimum Gasteiger partial charge on any atom is -0.384 e. The van der Waals surface area contributed by atoms with E-state index in [2.05, 4.69) is 17.2 Å². The van der Waals surface area contributed by atoms with Gasteiger partial charge in [0.25, 0.3) is 11.8 Å². The van der Waals surface area contributed by atoms with Gasteiger partial charge in [-0.05, 0) is 36.8 Å². The van der Waals surface area contributed by atoms with E-state index in [0.717, 1.165) is 23.4 Å². The van der Waals surface area contributed by atoms with Crippen LogP contribution in [0, 0.1) is 5.92 Å². The van der Waals surface area contributed by atoms with Gasteiger partial charge in [-0.25, -0.2) is 0 Å². The molecular formula is C19H19N3O4. The second-order valence-electron chi connectivity index (χ2n) is 6.94. The number of hydrogen-bond acceptors (Lipinski definition) is 5. The number of rotatable bonds is 5. The highest BCUT2D eigenvalue weighted by Crippen LogP contribution is 2.35. The van der Waals surface area contributed by atoms with Crippen molar-refractivity contribution in [3.05, 3.63) is 47.2 Å². The molecular weight excluding hydrogens is 334 g/mol. The fraction of sp³-hybridized carbons (Fsp3) is 0.368. The van der Waals surface area contributed by atoms with E-state index >= 15 is 0 Å². The lowest BCUT2D eigenvalue weighted by atomic mass is 10.0. The van der Waals surface area contributed by atoms with Crippen molar-refractivity contribution in [2.45, 2.75) is 38.3 Å². The number of amides is 4. The zero-order valence-corrected chi connectivity index (χ0v) is 14.2. The Morgan fingerprint density at radius 2 is 1.92 bits per heavy atom. The molecule has 1 unspecified atom stereocenters. The van der Waals surface area contributed by atoms with Crippen molar-refractivity contribution in [2.24, 2.45) is 5.92 Å². The number of nitrogens with zero attached hydrogens (tertiary/aromatic N) is 1. The first kappa shape index (κ1) is 16.5. The number of hydrogen-bond donors (Lipinski definition) is 2. The Kier molecular flexibility index (Phi) is 3.86. The van der Waals surface area contributed by atoms with Crippen LogP contribution in [0.1, 0.15) is 52.0 Å². The highest BCUT2D eigenvalue weighted by Gasteiger charge is 2.45. The van der Waals surface area contributed by atoms with E-state index in [1.807, 2.05) is 0 Å². The molecule has 4 amide bonds. The Hall–Kier alpha value is -2.96. The Bertz CT molecular complexity index is 856. The number of carbonyl (C=O) groups is 4. The molecule has 0 spiro atoms. The Labute approximate surface area is 150 Å². The Balaban J connectivity index is 1.59. The number of imide groups is 2. The summed E-state index contributed by atoms with van der Waals surface area (Å²) in [4.78, 5) is 50.1. The quantitative estimate of drug-likeness (QED) is 0.773. The van der Waals surface area contributed by atoms with E-state index in [1.165, 1.54) is 0 Å². The first-order valence-corrected chi connectivity index (χ1v) is 8.73. The molecule has 0 aromatic heterocycles. The lowest BCUT2D eigenvalue weighted by molar-refractivity contribution is -0.136. The van der Waals surface area contributed by atoms with Crippen LogP contribution in [0.25, 0.3) is 0 Å². The van der Waals surface area contributed by atoms with Crippen molar-refractivity contribution in [1.29, 1.82) is 0 Å². The first-order chi connectivity index (χ1) is 12.5. The second kappa shape index (κ2) is 6.09. The zero-order chi connectivity index (χ0) is 18.4. The van der Waals surface area contributed by atoms with E-state index in [1.54, 1.807) is 18.2 Å². The van der Waals surface area contributed by atoms with Gasteiger partial charge < -0.3 is 5.32 Å². The molecule has 0 bridgehead atoms. The molecule has 1 saturated carbocycles. The molecule has 4 rings (SSSR count). The first-order valence-electron chi connectivity index (χ1n) is 8.73. The molecule has 26 heavy (non-hydrogen) atoms. The van der Waals surface area contributed by atoms with Crippen LogP contribution >= 0.6 is 0 Å². The molecule has 1 saturated heterocycles. The summed E-state index contributed by atoms with van der Waals surface area (Å²) in [6, 6.07) is 4.18. The number of benzene rings is 1. The second-order valence-corrected chi connectivity index (χ2v) is 6.94. The number of fused-ring (bicyclic) bond motifs is 1. The van der Waals surface area contributed by atoms with Gasteiger partial charge in [-0.1, -0.05) is 18.7 Å². The van der Waals surface area contributed by atoms with Gasteiger partial charge in [0.05, 0.1) is 11.1 Å². The number of carbonyl (C=O) groups excluding carboxylic acids is 4. The van der Waals surface area contributed by atoms with Gasteiger partial charge in [-0.15, -0.1) is 0 Å². The third-order valence-electron chi connectivity index (χ3n) is 5.13. The van der Waals surface area contributed by atoms with Crippen LogP contribution in [-0.4, -0.2) is 34.6 Å². The topological polar surface area (TPSA) is 95.6 Å². The summed E-state index contributed by atoms with van der Waals surface area (Å²) < 4.78 is 0. The third-order valence-corrected chi connectivity index (χ3v) is 5.13. The summed E-state index contributed by atoms with van der Waals surface area (Å²) in [5.41, 5.74) is 2.29. The van der Waals surface area contributed by atoms with Crippen molar-refractivity contribution in [1.82, 2.24) is 15.5 Å². The fourth-order valence-corrected chi connectivity index (χ4v) is 3.52. The van der Waals surface area contributed by atoms with Crippen molar-refractivity contribution in [2.75, 3.05) is 0 Å². The van der Waals surface area contributed by atoms with Crippen LogP contribution < -0.4 is 10.6 Å². The van der Waals surface area contributed by atoms with E-state index in [0.29, 0.717) is 29.2 Å². The minimum atomic E-state index is -0.942. The summed E-state index contributed by atoms with van der Waals surface area (Å²) in [6.45, 7) is 4.41. The van der Waals surface area contributed by atoms with Gasteiger partial charge in [0.15, 0.2) is 0 Å². The SMILES string of the molecule is C=C(NCc1cccc2c1C(=O)N(C1CCC(=O)NC1=O)C2=O)C1CC1. The van der Waals surface area contributed by atoms with Gasteiger partial charge in [0.1, 0.15) is 6.04 Å². The van der Waals surface area contributed by atoms with Crippen LogP contribution in [-0.2, 0) is 16.1 Å². The van der Waals surface area contributed by atoms with Crippen molar-refractivity contribution < 1.29 is 19.2 Å². The van der Waals surface area contributed by atoms with E-state index < -0.39 is 23.8 Å². The van der Waals surface area contributed by atoms with E-state index in [4.69, 9.17) is 0 Å².